The van der Waals surface area contributed by atoms with Crippen molar-refractivity contribution in [1.82, 2.24) is 0 Å². The molecule has 8 atom stereocenters. The van der Waals surface area contributed by atoms with Crippen molar-refractivity contribution in [1.29, 1.82) is 0 Å². The minimum absolute atomic E-state index is 0.132. The molecule has 0 aromatic carbocycles. The van der Waals surface area contributed by atoms with Crippen LogP contribution in [0.4, 0.5) is 0 Å². The van der Waals surface area contributed by atoms with Crippen molar-refractivity contribution in [2.75, 3.05) is 13.2 Å². The minimum atomic E-state index is -0.245. The van der Waals surface area contributed by atoms with E-state index in [1.54, 1.807) is 0 Å². The van der Waals surface area contributed by atoms with Gasteiger partial charge in [-0.05, 0) is 32.6 Å². The second kappa shape index (κ2) is 5.67. The molecule has 0 spiro atoms. The quantitative estimate of drug-likeness (QED) is 0.684. The van der Waals surface area contributed by atoms with Crippen LogP contribution in [0.1, 0.15) is 51.9 Å². The lowest BCUT2D eigenvalue weighted by Crippen LogP contribution is -2.66. The van der Waals surface area contributed by atoms with Crippen molar-refractivity contribution < 1.29 is 23.7 Å². The van der Waals surface area contributed by atoms with Gasteiger partial charge in [0.1, 0.15) is 0 Å². The van der Waals surface area contributed by atoms with Gasteiger partial charge in [-0.1, -0.05) is 0 Å². The Morgan fingerprint density at radius 3 is 2.30 bits per heavy atom. The highest BCUT2D eigenvalue weighted by atomic mass is 16.6. The van der Waals surface area contributed by atoms with Gasteiger partial charge in [-0.25, -0.2) is 0 Å². The van der Waals surface area contributed by atoms with Crippen molar-refractivity contribution in [3.8, 4) is 0 Å². The molecule has 5 nitrogen and oxygen atoms in total. The summed E-state index contributed by atoms with van der Waals surface area (Å²) in [5, 5.41) is 0. The fourth-order valence-corrected chi connectivity index (χ4v) is 5.24. The maximum absolute atomic E-state index is 6.57. The topological polar surface area (TPSA) is 46.2 Å². The molecule has 5 heterocycles. The first-order chi connectivity index (χ1) is 11.2. The third-order valence-electron chi connectivity index (χ3n) is 6.48. The van der Waals surface area contributed by atoms with Gasteiger partial charge >= 0.3 is 0 Å². The maximum Gasteiger partial charge on any atom is 0.0946 e. The van der Waals surface area contributed by atoms with Crippen molar-refractivity contribution in [3.05, 3.63) is 0 Å². The molecule has 0 aliphatic carbocycles. The van der Waals surface area contributed by atoms with Crippen LogP contribution in [0.5, 0.6) is 0 Å². The molecule has 5 heteroatoms. The Kier molecular flexibility index (Phi) is 3.72. The summed E-state index contributed by atoms with van der Waals surface area (Å²) in [6.07, 6.45) is 8.67. The standard InChI is InChI=1S/C18H28O5/c1-18-10-16-12(5-3-7-20-16)22-17(18)9-14-15(23-18)8-13-11(21-14)4-2-6-19-13/h11-17H,2-10H2,1H3/t11-,12+,13+,14+,15-,16-,17-,18+/m1/s1. The molecule has 23 heavy (non-hydrogen) atoms. The van der Waals surface area contributed by atoms with Gasteiger partial charge in [-0.3, -0.25) is 0 Å². The number of fused-ring (bicyclic) bond motifs is 4. The molecule has 5 rings (SSSR count). The summed E-state index contributed by atoms with van der Waals surface area (Å²) in [5.41, 5.74) is -0.245. The van der Waals surface area contributed by atoms with E-state index in [9.17, 15) is 0 Å². The number of hydrogen-bond acceptors (Lipinski definition) is 5. The van der Waals surface area contributed by atoms with E-state index >= 15 is 0 Å². The molecular weight excluding hydrogens is 296 g/mol. The zero-order valence-corrected chi connectivity index (χ0v) is 13.9. The summed E-state index contributed by atoms with van der Waals surface area (Å²) in [6.45, 7) is 3.93. The lowest BCUT2D eigenvalue weighted by molar-refractivity contribution is -0.326. The van der Waals surface area contributed by atoms with Gasteiger partial charge in [0.2, 0.25) is 0 Å². The molecule has 0 unspecified atom stereocenters. The Hall–Kier alpha value is -0.200. The number of ether oxygens (including phenoxy) is 5. The van der Waals surface area contributed by atoms with Crippen LogP contribution in [0.3, 0.4) is 0 Å². The van der Waals surface area contributed by atoms with Gasteiger partial charge in [0, 0.05) is 32.5 Å². The molecule has 5 aliphatic rings. The first-order valence-corrected chi connectivity index (χ1v) is 9.43. The molecule has 0 saturated carbocycles. The first-order valence-electron chi connectivity index (χ1n) is 9.43. The Bertz CT molecular complexity index is 457. The normalized spacial score (nSPS) is 56.0. The van der Waals surface area contributed by atoms with Crippen molar-refractivity contribution >= 4 is 0 Å². The Labute approximate surface area is 137 Å². The van der Waals surface area contributed by atoms with Crippen LogP contribution in [0.25, 0.3) is 0 Å². The average Bonchev–Trinajstić information content (AvgIpc) is 2.55. The van der Waals surface area contributed by atoms with Gasteiger partial charge < -0.3 is 23.7 Å². The summed E-state index contributed by atoms with van der Waals surface area (Å²) < 4.78 is 31.2. The summed E-state index contributed by atoms with van der Waals surface area (Å²) in [7, 11) is 0. The van der Waals surface area contributed by atoms with Crippen LogP contribution >= 0.6 is 0 Å². The second-order valence-electron chi connectivity index (χ2n) is 8.12. The van der Waals surface area contributed by atoms with Crippen molar-refractivity contribution in [2.24, 2.45) is 0 Å². The third kappa shape index (κ3) is 2.56. The van der Waals surface area contributed by atoms with Gasteiger partial charge in [0.25, 0.3) is 0 Å². The second-order valence-corrected chi connectivity index (χ2v) is 8.12. The number of hydrogen-bond donors (Lipinski definition) is 0. The van der Waals surface area contributed by atoms with E-state index in [2.05, 4.69) is 6.92 Å². The smallest absolute Gasteiger partial charge is 0.0946 e. The van der Waals surface area contributed by atoms with E-state index in [-0.39, 0.29) is 48.3 Å². The minimum Gasteiger partial charge on any atom is -0.375 e. The molecule has 130 valence electrons. The van der Waals surface area contributed by atoms with Crippen LogP contribution in [-0.4, -0.2) is 61.5 Å². The predicted molar refractivity (Wildman–Crippen MR) is 82.4 cm³/mol. The lowest BCUT2D eigenvalue weighted by Gasteiger charge is -2.57. The van der Waals surface area contributed by atoms with Gasteiger partial charge in [0.05, 0.1) is 48.3 Å². The maximum atomic E-state index is 6.57. The Morgan fingerprint density at radius 1 is 0.739 bits per heavy atom. The van der Waals surface area contributed by atoms with E-state index < -0.39 is 0 Å². The average molecular weight is 324 g/mol. The highest BCUT2D eigenvalue weighted by molar-refractivity contribution is 5.04. The molecule has 5 fully saturated rings. The van der Waals surface area contributed by atoms with E-state index in [1.165, 1.54) is 0 Å². The summed E-state index contributed by atoms with van der Waals surface area (Å²) >= 11 is 0. The molecule has 5 aliphatic heterocycles. The highest BCUT2D eigenvalue weighted by Gasteiger charge is 2.56. The molecular formula is C18H28O5. The van der Waals surface area contributed by atoms with Crippen LogP contribution in [0.2, 0.25) is 0 Å². The van der Waals surface area contributed by atoms with Crippen LogP contribution in [0.15, 0.2) is 0 Å². The number of rotatable bonds is 0. The van der Waals surface area contributed by atoms with E-state index in [0.29, 0.717) is 0 Å². The largest absolute Gasteiger partial charge is 0.375 e. The van der Waals surface area contributed by atoms with Gasteiger partial charge in [-0.2, -0.15) is 0 Å². The van der Waals surface area contributed by atoms with E-state index in [0.717, 1.165) is 58.2 Å². The molecule has 0 radical (unpaired) electrons. The first kappa shape index (κ1) is 15.1. The molecule has 5 saturated heterocycles. The molecule has 0 amide bonds. The van der Waals surface area contributed by atoms with Crippen molar-refractivity contribution in [2.45, 2.75) is 100 Å². The van der Waals surface area contributed by atoms with Crippen LogP contribution in [0, 0.1) is 0 Å². The summed E-state index contributed by atoms with van der Waals surface area (Å²) in [5.74, 6) is 0. The molecule has 0 aromatic heterocycles. The molecule has 0 N–H and O–H groups in total. The van der Waals surface area contributed by atoms with Crippen molar-refractivity contribution in [3.63, 3.8) is 0 Å². The zero-order chi connectivity index (χ0) is 15.4. The zero-order valence-electron chi connectivity index (χ0n) is 13.9. The van der Waals surface area contributed by atoms with E-state index in [1.807, 2.05) is 0 Å². The fraction of sp³-hybridized carbons (Fsp3) is 1.00. The van der Waals surface area contributed by atoms with Gasteiger partial charge in [0.15, 0.2) is 0 Å². The fourth-order valence-electron chi connectivity index (χ4n) is 5.24. The Balaban J connectivity index is 1.33. The monoisotopic (exact) mass is 324 g/mol. The molecule has 0 aromatic rings. The van der Waals surface area contributed by atoms with E-state index in [4.69, 9.17) is 23.7 Å². The van der Waals surface area contributed by atoms with Crippen LogP contribution in [-0.2, 0) is 23.7 Å². The highest BCUT2D eigenvalue weighted by Crippen LogP contribution is 2.46. The van der Waals surface area contributed by atoms with Crippen LogP contribution < -0.4 is 0 Å². The molecule has 0 bridgehead atoms. The Morgan fingerprint density at radius 2 is 1.48 bits per heavy atom. The predicted octanol–water partition coefficient (Wildman–Crippen LogP) is 2.21. The third-order valence-corrected chi connectivity index (χ3v) is 6.48. The lowest BCUT2D eigenvalue weighted by atomic mass is 9.77. The summed E-state index contributed by atoms with van der Waals surface area (Å²) in [6, 6.07) is 0. The SMILES string of the molecule is C[C@]12C[C@H]3OCCC[C@@H]3O[C@@H]1C[C@@H]1O[C@@H]3CCCO[C@H]3C[C@H]1O2. The summed E-state index contributed by atoms with van der Waals surface area (Å²) in [4.78, 5) is 0. The van der Waals surface area contributed by atoms with Gasteiger partial charge in [-0.15, -0.1) is 0 Å².